The fourth-order valence-corrected chi connectivity index (χ4v) is 2.68. The predicted octanol–water partition coefficient (Wildman–Crippen LogP) is 3.32. The molecular formula is C16H11ClN6. The summed E-state index contributed by atoms with van der Waals surface area (Å²) in [7, 11) is 0. The molecule has 0 atom stereocenters. The maximum Gasteiger partial charge on any atom is 0.240 e. The molecule has 0 aliphatic rings. The average molecular weight is 323 g/mol. The van der Waals surface area contributed by atoms with Crippen molar-refractivity contribution >= 4 is 28.5 Å². The number of pyridine rings is 1. The van der Waals surface area contributed by atoms with Crippen molar-refractivity contribution in [2.24, 2.45) is 0 Å². The molecule has 0 spiro atoms. The minimum atomic E-state index is 0.115. The first-order chi connectivity index (χ1) is 11.2. The molecule has 0 amide bonds. The Balaban J connectivity index is 2.01. The number of halogens is 1. The number of anilines is 1. The number of fused-ring (bicyclic) bond motifs is 1. The second-order valence-electron chi connectivity index (χ2n) is 5.00. The van der Waals surface area contributed by atoms with Crippen LogP contribution < -0.4 is 5.73 Å². The van der Waals surface area contributed by atoms with Gasteiger partial charge in [0.15, 0.2) is 0 Å². The van der Waals surface area contributed by atoms with Crippen LogP contribution in [0.5, 0.6) is 0 Å². The zero-order valence-corrected chi connectivity index (χ0v) is 12.6. The Hall–Kier alpha value is -2.99. The number of H-pyrrole nitrogens is 1. The van der Waals surface area contributed by atoms with E-state index in [0.29, 0.717) is 16.4 Å². The largest absolute Gasteiger partial charge is 0.366 e. The van der Waals surface area contributed by atoms with Crippen molar-refractivity contribution in [1.82, 2.24) is 25.1 Å². The Labute approximate surface area is 136 Å². The van der Waals surface area contributed by atoms with E-state index in [-0.39, 0.29) is 5.95 Å². The number of aromatic amines is 1. The molecule has 0 fully saturated rings. The van der Waals surface area contributed by atoms with Gasteiger partial charge in [0.25, 0.3) is 0 Å². The van der Waals surface area contributed by atoms with Gasteiger partial charge in [-0.05, 0) is 30.3 Å². The second kappa shape index (κ2) is 5.33. The van der Waals surface area contributed by atoms with E-state index in [1.807, 2.05) is 36.5 Å². The van der Waals surface area contributed by atoms with E-state index >= 15 is 0 Å². The standard InChI is InChI=1S/C16H11ClN6/c17-10-3-4-13-11(6-10)12(8-20-13)15-14(22-23-16(18)21-15)9-2-1-5-19-7-9/h1-8,20H,(H2,18,21,23). The summed E-state index contributed by atoms with van der Waals surface area (Å²) in [6, 6.07) is 9.37. The van der Waals surface area contributed by atoms with Crippen molar-refractivity contribution in [3.63, 3.8) is 0 Å². The Bertz CT molecular complexity index is 996. The Kier molecular flexibility index (Phi) is 3.17. The molecule has 6 nitrogen and oxygen atoms in total. The zero-order valence-electron chi connectivity index (χ0n) is 11.9. The highest BCUT2D eigenvalue weighted by molar-refractivity contribution is 6.31. The number of hydrogen-bond acceptors (Lipinski definition) is 5. The van der Waals surface area contributed by atoms with E-state index in [1.165, 1.54) is 0 Å². The van der Waals surface area contributed by atoms with Gasteiger partial charge in [-0.2, -0.15) is 0 Å². The Morgan fingerprint density at radius 1 is 1.09 bits per heavy atom. The first-order valence-electron chi connectivity index (χ1n) is 6.90. The molecule has 0 aliphatic heterocycles. The summed E-state index contributed by atoms with van der Waals surface area (Å²) in [4.78, 5) is 11.7. The summed E-state index contributed by atoms with van der Waals surface area (Å²) in [5.41, 5.74) is 9.65. The van der Waals surface area contributed by atoms with Gasteiger partial charge >= 0.3 is 0 Å². The van der Waals surface area contributed by atoms with Gasteiger partial charge in [-0.3, -0.25) is 4.98 Å². The number of aromatic nitrogens is 5. The fraction of sp³-hybridized carbons (Fsp3) is 0. The zero-order chi connectivity index (χ0) is 15.8. The van der Waals surface area contributed by atoms with Gasteiger partial charge in [-0.1, -0.05) is 11.6 Å². The maximum atomic E-state index is 6.13. The third kappa shape index (κ3) is 2.39. The van der Waals surface area contributed by atoms with Crippen LogP contribution in [0.15, 0.2) is 48.9 Å². The second-order valence-corrected chi connectivity index (χ2v) is 5.44. The smallest absolute Gasteiger partial charge is 0.240 e. The van der Waals surface area contributed by atoms with Crippen molar-refractivity contribution in [3.8, 4) is 22.5 Å². The Morgan fingerprint density at radius 3 is 2.83 bits per heavy atom. The van der Waals surface area contributed by atoms with Crippen LogP contribution in [0, 0.1) is 0 Å². The summed E-state index contributed by atoms with van der Waals surface area (Å²) in [5, 5.41) is 9.68. The number of hydrogen-bond donors (Lipinski definition) is 2. The van der Waals surface area contributed by atoms with Gasteiger partial charge in [-0.15, -0.1) is 10.2 Å². The van der Waals surface area contributed by atoms with Crippen LogP contribution in [0.1, 0.15) is 0 Å². The van der Waals surface area contributed by atoms with Crippen LogP contribution in [-0.2, 0) is 0 Å². The van der Waals surface area contributed by atoms with Gasteiger partial charge < -0.3 is 10.7 Å². The highest BCUT2D eigenvalue weighted by Crippen LogP contribution is 2.34. The molecule has 3 aromatic heterocycles. The van der Waals surface area contributed by atoms with Crippen LogP contribution in [0.3, 0.4) is 0 Å². The Morgan fingerprint density at radius 2 is 2.00 bits per heavy atom. The van der Waals surface area contributed by atoms with Gasteiger partial charge in [0.05, 0.1) is 0 Å². The van der Waals surface area contributed by atoms with Crippen LogP contribution in [0.2, 0.25) is 5.02 Å². The van der Waals surface area contributed by atoms with E-state index < -0.39 is 0 Å². The van der Waals surface area contributed by atoms with E-state index in [4.69, 9.17) is 17.3 Å². The van der Waals surface area contributed by atoms with Gasteiger partial charge in [0.1, 0.15) is 11.4 Å². The van der Waals surface area contributed by atoms with E-state index in [9.17, 15) is 0 Å². The summed E-state index contributed by atoms with van der Waals surface area (Å²) in [6.07, 6.45) is 5.28. The summed E-state index contributed by atoms with van der Waals surface area (Å²) in [5.74, 6) is 0.115. The molecule has 0 aliphatic carbocycles. The molecule has 0 bridgehead atoms. The molecule has 3 N–H and O–H groups in total. The summed E-state index contributed by atoms with van der Waals surface area (Å²) in [6.45, 7) is 0. The van der Waals surface area contributed by atoms with Gasteiger partial charge in [0.2, 0.25) is 5.95 Å². The van der Waals surface area contributed by atoms with E-state index in [0.717, 1.165) is 22.0 Å². The van der Waals surface area contributed by atoms with Crippen molar-refractivity contribution in [3.05, 3.63) is 53.9 Å². The SMILES string of the molecule is Nc1nnc(-c2cccnc2)c(-c2c[nH]c3ccc(Cl)cc23)n1. The monoisotopic (exact) mass is 322 g/mol. The number of nitrogens with zero attached hydrogens (tertiary/aromatic N) is 4. The molecule has 0 radical (unpaired) electrons. The average Bonchev–Trinajstić information content (AvgIpc) is 2.98. The van der Waals surface area contributed by atoms with Gasteiger partial charge in [-0.25, -0.2) is 4.98 Å². The van der Waals surface area contributed by atoms with Crippen LogP contribution in [-0.4, -0.2) is 25.1 Å². The molecule has 0 saturated heterocycles. The highest BCUT2D eigenvalue weighted by atomic mass is 35.5. The van der Waals surface area contributed by atoms with Crippen molar-refractivity contribution in [2.45, 2.75) is 0 Å². The molecule has 0 unspecified atom stereocenters. The highest BCUT2D eigenvalue weighted by Gasteiger charge is 2.16. The molecule has 112 valence electrons. The lowest BCUT2D eigenvalue weighted by molar-refractivity contribution is 0.996. The topological polar surface area (TPSA) is 93.4 Å². The predicted molar refractivity (Wildman–Crippen MR) is 89.8 cm³/mol. The molecule has 1 aromatic carbocycles. The maximum absolute atomic E-state index is 6.13. The fourth-order valence-electron chi connectivity index (χ4n) is 2.51. The summed E-state index contributed by atoms with van der Waals surface area (Å²) >= 11 is 6.13. The number of rotatable bonds is 2. The van der Waals surface area contributed by atoms with E-state index in [1.54, 1.807) is 12.4 Å². The minimum Gasteiger partial charge on any atom is -0.366 e. The molecule has 23 heavy (non-hydrogen) atoms. The normalized spacial score (nSPS) is 11.0. The molecule has 4 aromatic rings. The van der Waals surface area contributed by atoms with Crippen molar-refractivity contribution in [1.29, 1.82) is 0 Å². The molecule has 0 saturated carbocycles. The molecule has 3 heterocycles. The molecular weight excluding hydrogens is 312 g/mol. The first-order valence-corrected chi connectivity index (χ1v) is 7.28. The lowest BCUT2D eigenvalue weighted by Gasteiger charge is -2.07. The molecule has 4 rings (SSSR count). The lowest BCUT2D eigenvalue weighted by Crippen LogP contribution is -2.02. The quantitative estimate of drug-likeness (QED) is 0.590. The molecule has 7 heteroatoms. The van der Waals surface area contributed by atoms with E-state index in [2.05, 4.69) is 25.1 Å². The van der Waals surface area contributed by atoms with Crippen LogP contribution in [0.4, 0.5) is 5.95 Å². The number of nitrogens with two attached hydrogens (primary N) is 1. The van der Waals surface area contributed by atoms with Crippen molar-refractivity contribution in [2.75, 3.05) is 5.73 Å². The summed E-state index contributed by atoms with van der Waals surface area (Å²) < 4.78 is 0. The first kappa shape index (κ1) is 13.7. The third-order valence-corrected chi connectivity index (χ3v) is 3.77. The number of benzene rings is 1. The van der Waals surface area contributed by atoms with Crippen LogP contribution >= 0.6 is 11.6 Å². The minimum absolute atomic E-state index is 0.115. The number of nitrogens with one attached hydrogen (secondary N) is 1. The number of nitrogen functional groups attached to an aromatic ring is 1. The lowest BCUT2D eigenvalue weighted by atomic mass is 10.1. The van der Waals surface area contributed by atoms with Crippen molar-refractivity contribution < 1.29 is 0 Å². The van der Waals surface area contributed by atoms with Gasteiger partial charge in [0, 0.05) is 45.6 Å². The van der Waals surface area contributed by atoms with Crippen LogP contribution in [0.25, 0.3) is 33.4 Å². The third-order valence-electron chi connectivity index (χ3n) is 3.54.